The first kappa shape index (κ1) is 17.1. The molecule has 134 valence electrons. The van der Waals surface area contributed by atoms with E-state index in [1.54, 1.807) is 0 Å². The van der Waals surface area contributed by atoms with E-state index in [1.165, 1.54) is 33.0 Å². The molecule has 0 aromatic heterocycles. The van der Waals surface area contributed by atoms with Crippen molar-refractivity contribution in [2.24, 2.45) is 5.41 Å². The number of hydrogen-bond donors (Lipinski definition) is 0. The van der Waals surface area contributed by atoms with E-state index in [0.717, 1.165) is 11.3 Å². The molecule has 0 fully saturated rings. The van der Waals surface area contributed by atoms with Gasteiger partial charge in [0.05, 0.1) is 6.61 Å². The lowest BCUT2D eigenvalue weighted by Gasteiger charge is -2.32. The first-order valence-corrected chi connectivity index (χ1v) is 9.25. The second-order valence-corrected chi connectivity index (χ2v) is 8.53. The van der Waals surface area contributed by atoms with Crippen LogP contribution < -0.4 is 4.74 Å². The zero-order chi connectivity index (χ0) is 18.5. The van der Waals surface area contributed by atoms with Crippen molar-refractivity contribution < 1.29 is 9.47 Å². The van der Waals surface area contributed by atoms with Gasteiger partial charge in [-0.25, -0.2) is 0 Å². The fourth-order valence-electron chi connectivity index (χ4n) is 3.73. The zero-order valence-electron chi connectivity index (χ0n) is 16.2. The molecule has 0 aliphatic carbocycles. The van der Waals surface area contributed by atoms with Crippen LogP contribution >= 0.6 is 0 Å². The van der Waals surface area contributed by atoms with Gasteiger partial charge in [0.1, 0.15) is 5.75 Å². The highest BCUT2D eigenvalue weighted by molar-refractivity contribution is 6.01. The summed E-state index contributed by atoms with van der Waals surface area (Å²) in [6.07, 6.45) is -0.373. The van der Waals surface area contributed by atoms with Gasteiger partial charge < -0.3 is 9.47 Å². The van der Waals surface area contributed by atoms with Crippen LogP contribution in [0.3, 0.4) is 0 Å². The molecular weight excluding hydrogens is 320 g/mol. The summed E-state index contributed by atoms with van der Waals surface area (Å²) in [5.41, 5.74) is 6.10. The Morgan fingerprint density at radius 3 is 2.50 bits per heavy atom. The van der Waals surface area contributed by atoms with Gasteiger partial charge in [-0.3, -0.25) is 0 Å². The third kappa shape index (κ3) is 2.99. The molecule has 1 aliphatic heterocycles. The second-order valence-electron chi connectivity index (χ2n) is 8.53. The van der Waals surface area contributed by atoms with Gasteiger partial charge >= 0.3 is 0 Å². The van der Waals surface area contributed by atoms with Crippen molar-refractivity contribution >= 4 is 10.8 Å². The molecule has 0 spiro atoms. The van der Waals surface area contributed by atoms with Crippen LogP contribution in [-0.2, 0) is 4.74 Å². The quantitative estimate of drug-likeness (QED) is 0.522. The molecule has 0 unspecified atom stereocenters. The Hall–Kier alpha value is -2.32. The van der Waals surface area contributed by atoms with Crippen LogP contribution in [0.5, 0.6) is 5.75 Å². The summed E-state index contributed by atoms with van der Waals surface area (Å²) in [6.45, 7) is 11.5. The molecule has 0 amide bonds. The van der Waals surface area contributed by atoms with Crippen LogP contribution in [0.15, 0.2) is 48.5 Å². The Morgan fingerprint density at radius 1 is 0.962 bits per heavy atom. The predicted molar refractivity (Wildman–Crippen MR) is 108 cm³/mol. The van der Waals surface area contributed by atoms with Gasteiger partial charge in [0.25, 0.3) is 0 Å². The van der Waals surface area contributed by atoms with Crippen LogP contribution in [0.25, 0.3) is 21.9 Å². The maximum Gasteiger partial charge on any atom is 0.227 e. The number of ether oxygens (including phenoxy) is 2. The first-order chi connectivity index (χ1) is 12.3. The summed E-state index contributed by atoms with van der Waals surface area (Å²) in [7, 11) is 0. The minimum absolute atomic E-state index is 0.0865. The lowest BCUT2D eigenvalue weighted by molar-refractivity contribution is -0.106. The standard InChI is InChI=1S/C24H26O2/c1-15-12-16(2)21-20(13-15)26-23(25-14-24(3,4)5)19-11-10-17-8-6-7-9-18(17)22(19)21/h6-13,23H,14H2,1-5H3/t23-/m0/s1. The van der Waals surface area contributed by atoms with Crippen LogP contribution in [-0.4, -0.2) is 6.61 Å². The molecule has 0 N–H and O–H groups in total. The lowest BCUT2D eigenvalue weighted by atomic mass is 9.87. The summed E-state index contributed by atoms with van der Waals surface area (Å²) < 4.78 is 12.6. The van der Waals surface area contributed by atoms with Gasteiger partial charge in [0.2, 0.25) is 6.29 Å². The van der Waals surface area contributed by atoms with E-state index < -0.39 is 0 Å². The number of aryl methyl sites for hydroxylation is 2. The van der Waals surface area contributed by atoms with Crippen molar-refractivity contribution in [1.82, 2.24) is 0 Å². The number of hydrogen-bond acceptors (Lipinski definition) is 2. The SMILES string of the molecule is Cc1cc(C)c2c(c1)O[C@H](OCC(C)(C)C)c1ccc3ccccc3c1-2. The minimum atomic E-state index is -0.373. The molecule has 3 aromatic rings. The summed E-state index contributed by atoms with van der Waals surface area (Å²) >= 11 is 0. The monoisotopic (exact) mass is 346 g/mol. The Bertz CT molecular complexity index is 979. The summed E-state index contributed by atoms with van der Waals surface area (Å²) in [6, 6.07) is 17.2. The van der Waals surface area contributed by atoms with Crippen LogP contribution in [0.1, 0.15) is 43.8 Å². The highest BCUT2D eigenvalue weighted by Crippen LogP contribution is 2.48. The van der Waals surface area contributed by atoms with Crippen molar-refractivity contribution in [2.45, 2.75) is 40.9 Å². The molecule has 4 rings (SSSR count). The van der Waals surface area contributed by atoms with E-state index in [9.17, 15) is 0 Å². The Kier molecular flexibility index (Phi) is 4.04. The molecular formula is C24H26O2. The van der Waals surface area contributed by atoms with Crippen molar-refractivity contribution in [3.63, 3.8) is 0 Å². The van der Waals surface area contributed by atoms with Crippen molar-refractivity contribution in [3.8, 4) is 16.9 Å². The van der Waals surface area contributed by atoms with E-state index in [1.807, 2.05) is 0 Å². The highest BCUT2D eigenvalue weighted by Gasteiger charge is 2.30. The molecule has 2 heteroatoms. The number of fused-ring (bicyclic) bond motifs is 5. The normalized spacial score (nSPS) is 16.1. The van der Waals surface area contributed by atoms with E-state index in [0.29, 0.717) is 6.61 Å². The van der Waals surface area contributed by atoms with E-state index in [4.69, 9.17) is 9.47 Å². The van der Waals surface area contributed by atoms with Gasteiger partial charge in [-0.1, -0.05) is 63.2 Å². The molecule has 0 bridgehead atoms. The summed E-state index contributed by atoms with van der Waals surface area (Å²) in [4.78, 5) is 0. The smallest absolute Gasteiger partial charge is 0.227 e. The molecule has 26 heavy (non-hydrogen) atoms. The molecule has 0 radical (unpaired) electrons. The average molecular weight is 346 g/mol. The van der Waals surface area contributed by atoms with Gasteiger partial charge in [0.15, 0.2) is 0 Å². The maximum absolute atomic E-state index is 6.34. The average Bonchev–Trinajstić information content (AvgIpc) is 2.58. The third-order valence-electron chi connectivity index (χ3n) is 4.81. The third-order valence-corrected chi connectivity index (χ3v) is 4.81. The minimum Gasteiger partial charge on any atom is -0.460 e. The molecule has 1 heterocycles. The van der Waals surface area contributed by atoms with Crippen molar-refractivity contribution in [3.05, 3.63) is 65.2 Å². The predicted octanol–water partition coefficient (Wildman–Crippen LogP) is 6.58. The second kappa shape index (κ2) is 6.14. The van der Waals surface area contributed by atoms with E-state index >= 15 is 0 Å². The fraction of sp³-hybridized carbons (Fsp3) is 0.333. The van der Waals surface area contributed by atoms with Gasteiger partial charge in [-0.05, 0) is 47.2 Å². The number of benzene rings is 3. The summed E-state index contributed by atoms with van der Waals surface area (Å²) in [5, 5.41) is 2.50. The fourth-order valence-corrected chi connectivity index (χ4v) is 3.73. The number of rotatable bonds is 2. The van der Waals surface area contributed by atoms with E-state index in [2.05, 4.69) is 83.1 Å². The zero-order valence-corrected chi connectivity index (χ0v) is 16.2. The van der Waals surface area contributed by atoms with Gasteiger partial charge in [-0.2, -0.15) is 0 Å². The summed E-state index contributed by atoms with van der Waals surface area (Å²) in [5.74, 6) is 0.922. The van der Waals surface area contributed by atoms with Crippen LogP contribution in [0, 0.1) is 19.3 Å². The van der Waals surface area contributed by atoms with E-state index in [-0.39, 0.29) is 11.7 Å². The van der Waals surface area contributed by atoms with Crippen molar-refractivity contribution in [2.75, 3.05) is 6.61 Å². The molecule has 2 nitrogen and oxygen atoms in total. The molecule has 0 saturated carbocycles. The molecule has 1 aliphatic rings. The van der Waals surface area contributed by atoms with Crippen molar-refractivity contribution in [1.29, 1.82) is 0 Å². The van der Waals surface area contributed by atoms with Gasteiger partial charge in [-0.15, -0.1) is 0 Å². The Morgan fingerprint density at radius 2 is 1.73 bits per heavy atom. The molecule has 1 atom stereocenters. The molecule has 3 aromatic carbocycles. The largest absolute Gasteiger partial charge is 0.460 e. The highest BCUT2D eigenvalue weighted by atomic mass is 16.7. The maximum atomic E-state index is 6.34. The topological polar surface area (TPSA) is 18.5 Å². The molecule has 0 saturated heterocycles. The lowest BCUT2D eigenvalue weighted by Crippen LogP contribution is -2.23. The van der Waals surface area contributed by atoms with Gasteiger partial charge in [0, 0.05) is 16.7 Å². The first-order valence-electron chi connectivity index (χ1n) is 9.25. The Labute approximate surface area is 155 Å². The van der Waals surface area contributed by atoms with Crippen LogP contribution in [0.4, 0.5) is 0 Å². The Balaban J connectivity index is 1.94. The van der Waals surface area contributed by atoms with Crippen LogP contribution in [0.2, 0.25) is 0 Å².